The Hall–Kier alpha value is -4.25. The lowest BCUT2D eigenvalue weighted by Crippen LogP contribution is -2.25. The molecule has 17 heteroatoms. The van der Waals surface area contributed by atoms with Gasteiger partial charge >= 0.3 is 23.8 Å². The SMILES string of the molecule is O=C(O)CCNC(=O)c1ccc(CNc2ccc(SC(F)(F)F)cc2-c2nc(-c3cc(C(F)(F)F)cc(C(F)(F)F)c3)cs2)cc1. The molecule has 46 heavy (non-hydrogen) atoms. The molecule has 0 fully saturated rings. The minimum absolute atomic E-state index is 0.0188. The highest BCUT2D eigenvalue weighted by molar-refractivity contribution is 8.00. The highest BCUT2D eigenvalue weighted by Crippen LogP contribution is 2.43. The molecule has 0 unspecified atom stereocenters. The van der Waals surface area contributed by atoms with Gasteiger partial charge in [-0.3, -0.25) is 9.59 Å². The van der Waals surface area contributed by atoms with E-state index < -0.39 is 58.2 Å². The van der Waals surface area contributed by atoms with Crippen molar-refractivity contribution in [1.82, 2.24) is 10.3 Å². The Bertz CT molecular complexity index is 1690. The standard InChI is InChI=1S/C29H20F9N3O3S2/c30-27(31,32)18-9-17(10-19(11-18)28(33,34)35)23-14-45-26(41-23)21-12-20(46-29(36,37)38)5-6-22(21)40-13-15-1-3-16(4-2-15)25(44)39-8-7-24(42)43/h1-6,9-12,14,40H,7-8,13H2,(H,39,44)(H,42,43). The van der Waals surface area contributed by atoms with Crippen molar-refractivity contribution in [2.45, 2.75) is 35.7 Å². The quantitative estimate of drug-likeness (QED) is 0.114. The smallest absolute Gasteiger partial charge is 0.446 e. The van der Waals surface area contributed by atoms with E-state index in [1.807, 2.05) is 0 Å². The van der Waals surface area contributed by atoms with Crippen LogP contribution in [0.1, 0.15) is 33.5 Å². The molecule has 3 N–H and O–H groups in total. The fraction of sp³-hybridized carbons (Fsp3) is 0.207. The summed E-state index contributed by atoms with van der Waals surface area (Å²) in [7, 11) is 0. The number of halogens is 9. The summed E-state index contributed by atoms with van der Waals surface area (Å²) in [5.74, 6) is -1.57. The van der Waals surface area contributed by atoms with Gasteiger partial charge in [-0.25, -0.2) is 4.98 Å². The summed E-state index contributed by atoms with van der Waals surface area (Å²) in [6.07, 6.45) is -10.4. The van der Waals surface area contributed by atoms with Crippen LogP contribution in [0.15, 0.2) is 70.9 Å². The van der Waals surface area contributed by atoms with Crippen LogP contribution in [0, 0.1) is 0 Å². The number of benzene rings is 3. The molecule has 0 radical (unpaired) electrons. The van der Waals surface area contributed by atoms with Gasteiger partial charge in [-0.1, -0.05) is 12.1 Å². The van der Waals surface area contributed by atoms with Crippen LogP contribution < -0.4 is 10.6 Å². The van der Waals surface area contributed by atoms with Crippen LogP contribution in [0.3, 0.4) is 0 Å². The van der Waals surface area contributed by atoms with Crippen molar-refractivity contribution in [3.8, 4) is 21.8 Å². The maximum atomic E-state index is 13.4. The van der Waals surface area contributed by atoms with Gasteiger partial charge in [0, 0.05) is 45.7 Å². The Morgan fingerprint density at radius 2 is 1.48 bits per heavy atom. The van der Waals surface area contributed by atoms with E-state index in [0.717, 1.165) is 17.4 Å². The fourth-order valence-corrected chi connectivity index (χ4v) is 5.48. The van der Waals surface area contributed by atoms with Crippen LogP contribution in [0.25, 0.3) is 21.8 Å². The average molecular weight is 694 g/mol. The molecule has 0 spiro atoms. The van der Waals surface area contributed by atoms with Gasteiger partial charge in [0.1, 0.15) is 5.01 Å². The van der Waals surface area contributed by atoms with E-state index in [4.69, 9.17) is 5.11 Å². The van der Waals surface area contributed by atoms with Crippen LogP contribution in [0.2, 0.25) is 0 Å². The number of anilines is 1. The number of nitrogens with one attached hydrogen (secondary N) is 2. The molecule has 6 nitrogen and oxygen atoms in total. The van der Waals surface area contributed by atoms with Gasteiger partial charge in [0.15, 0.2) is 0 Å². The van der Waals surface area contributed by atoms with Crippen molar-refractivity contribution < 1.29 is 54.2 Å². The number of amides is 1. The predicted octanol–water partition coefficient (Wildman–Crippen LogP) is 8.94. The molecule has 1 amide bonds. The lowest BCUT2D eigenvalue weighted by Gasteiger charge is -2.14. The Labute approximate surface area is 262 Å². The van der Waals surface area contributed by atoms with Gasteiger partial charge in [0.25, 0.3) is 5.91 Å². The number of rotatable bonds is 10. The molecule has 0 aliphatic carbocycles. The maximum Gasteiger partial charge on any atom is 0.446 e. The topological polar surface area (TPSA) is 91.3 Å². The number of carboxylic acids is 1. The van der Waals surface area contributed by atoms with Crippen molar-refractivity contribution in [3.63, 3.8) is 0 Å². The summed E-state index contributed by atoms with van der Waals surface area (Å²) in [5.41, 5.74) is -7.18. The number of hydrogen-bond acceptors (Lipinski definition) is 6. The zero-order valence-corrected chi connectivity index (χ0v) is 24.5. The maximum absolute atomic E-state index is 13.4. The number of hydrogen-bond donors (Lipinski definition) is 3. The predicted molar refractivity (Wildman–Crippen MR) is 153 cm³/mol. The van der Waals surface area contributed by atoms with E-state index >= 15 is 0 Å². The molecule has 244 valence electrons. The number of nitrogens with zero attached hydrogens (tertiary/aromatic N) is 1. The van der Waals surface area contributed by atoms with E-state index in [9.17, 15) is 49.1 Å². The van der Waals surface area contributed by atoms with E-state index in [1.54, 1.807) is 12.1 Å². The monoisotopic (exact) mass is 693 g/mol. The molecular formula is C29H20F9N3O3S2. The second-order valence-corrected chi connectivity index (χ2v) is 11.5. The van der Waals surface area contributed by atoms with Crippen LogP contribution in [-0.4, -0.2) is 34.0 Å². The number of aromatic nitrogens is 1. The molecule has 4 rings (SSSR count). The summed E-state index contributed by atoms with van der Waals surface area (Å²) in [6.45, 7) is 0.0269. The number of carboxylic acid groups (broad SMARTS) is 1. The van der Waals surface area contributed by atoms with Crippen LogP contribution in [-0.2, 0) is 23.7 Å². The Morgan fingerprint density at radius 1 is 0.848 bits per heavy atom. The van der Waals surface area contributed by atoms with Crippen LogP contribution >= 0.6 is 23.1 Å². The normalized spacial score (nSPS) is 12.2. The summed E-state index contributed by atoms with van der Waals surface area (Å²) in [6, 6.07) is 10.8. The van der Waals surface area contributed by atoms with Gasteiger partial charge in [-0.15, -0.1) is 11.3 Å². The summed E-state index contributed by atoms with van der Waals surface area (Å²) < 4.78 is 120. The van der Waals surface area contributed by atoms with E-state index in [0.29, 0.717) is 17.7 Å². The first-order valence-corrected chi connectivity index (χ1v) is 14.6. The van der Waals surface area contributed by atoms with Gasteiger partial charge in [-0.2, -0.15) is 39.5 Å². The molecule has 0 aliphatic rings. The minimum atomic E-state index is -5.09. The second kappa shape index (κ2) is 13.6. The molecule has 0 atom stereocenters. The van der Waals surface area contributed by atoms with Gasteiger partial charge in [-0.05, 0) is 65.9 Å². The highest BCUT2D eigenvalue weighted by atomic mass is 32.2. The highest BCUT2D eigenvalue weighted by Gasteiger charge is 2.37. The molecule has 1 aromatic heterocycles. The molecule has 3 aromatic carbocycles. The first kappa shape index (κ1) is 34.6. The first-order valence-electron chi connectivity index (χ1n) is 12.9. The van der Waals surface area contributed by atoms with Gasteiger partial charge < -0.3 is 15.7 Å². The average Bonchev–Trinajstić information content (AvgIpc) is 3.45. The molecule has 1 heterocycles. The zero-order chi connectivity index (χ0) is 33.9. The minimum Gasteiger partial charge on any atom is -0.481 e. The third-order valence-corrected chi connectivity index (χ3v) is 7.76. The molecule has 4 aromatic rings. The number of carbonyl (C=O) groups is 2. The second-order valence-electron chi connectivity index (χ2n) is 9.54. The van der Waals surface area contributed by atoms with E-state index in [2.05, 4.69) is 15.6 Å². The molecule has 0 saturated carbocycles. The van der Waals surface area contributed by atoms with E-state index in [1.165, 1.54) is 29.6 Å². The lowest BCUT2D eigenvalue weighted by atomic mass is 10.0. The third kappa shape index (κ3) is 9.38. The van der Waals surface area contributed by atoms with Crippen molar-refractivity contribution >= 4 is 40.7 Å². The zero-order valence-electron chi connectivity index (χ0n) is 22.9. The largest absolute Gasteiger partial charge is 0.481 e. The molecular weight excluding hydrogens is 673 g/mol. The summed E-state index contributed by atoms with van der Waals surface area (Å²) in [5, 5.41) is 15.4. The Balaban J connectivity index is 1.63. The summed E-state index contributed by atoms with van der Waals surface area (Å²) >= 11 is 0.400. The number of thioether (sulfide) groups is 1. The third-order valence-electron chi connectivity index (χ3n) is 6.17. The fourth-order valence-electron chi connectivity index (χ4n) is 4.04. The van der Waals surface area contributed by atoms with Crippen molar-refractivity contribution in [3.05, 3.63) is 88.3 Å². The van der Waals surface area contributed by atoms with Gasteiger partial charge in [0.2, 0.25) is 0 Å². The van der Waals surface area contributed by atoms with Gasteiger partial charge in [0.05, 0.1) is 23.2 Å². The summed E-state index contributed by atoms with van der Waals surface area (Å²) in [4.78, 5) is 26.7. The number of alkyl halides is 9. The molecule has 0 aliphatic heterocycles. The van der Waals surface area contributed by atoms with Crippen molar-refractivity contribution in [1.29, 1.82) is 0 Å². The molecule has 0 bridgehead atoms. The number of aliphatic carboxylic acids is 1. The van der Waals surface area contributed by atoms with Crippen LogP contribution in [0.4, 0.5) is 45.2 Å². The van der Waals surface area contributed by atoms with Crippen LogP contribution in [0.5, 0.6) is 0 Å². The first-order chi connectivity index (χ1) is 21.4. The lowest BCUT2D eigenvalue weighted by molar-refractivity contribution is -0.143. The number of thiazole rings is 1. The Morgan fingerprint density at radius 3 is 2.04 bits per heavy atom. The van der Waals surface area contributed by atoms with Crippen molar-refractivity contribution in [2.24, 2.45) is 0 Å². The number of carbonyl (C=O) groups excluding carboxylic acids is 1. The Kier molecular flexibility index (Phi) is 10.3. The van der Waals surface area contributed by atoms with Crippen molar-refractivity contribution in [2.75, 3.05) is 11.9 Å². The molecule has 0 saturated heterocycles. The van der Waals surface area contributed by atoms with E-state index in [-0.39, 0.29) is 58.0 Å².